The second-order valence-corrected chi connectivity index (χ2v) is 5.27. The van der Waals surface area contributed by atoms with Crippen LogP contribution in [-0.2, 0) is 7.05 Å². The van der Waals surface area contributed by atoms with E-state index in [0.717, 1.165) is 12.2 Å². The van der Waals surface area contributed by atoms with E-state index < -0.39 is 0 Å². The van der Waals surface area contributed by atoms with E-state index in [2.05, 4.69) is 46.4 Å². The molecule has 0 saturated carbocycles. The third kappa shape index (κ3) is 2.56. The predicted octanol–water partition coefficient (Wildman–Crippen LogP) is 3.01. The summed E-state index contributed by atoms with van der Waals surface area (Å²) in [6.07, 6.45) is 3.13. The van der Waals surface area contributed by atoms with Crippen molar-refractivity contribution >= 4 is 15.9 Å². The maximum Gasteiger partial charge on any atom is 0.105 e. The van der Waals surface area contributed by atoms with Crippen LogP contribution in [0.3, 0.4) is 0 Å². The summed E-state index contributed by atoms with van der Waals surface area (Å²) in [6, 6.07) is 0. The zero-order chi connectivity index (χ0) is 10.0. The third-order valence-corrected chi connectivity index (χ3v) is 2.81. The van der Waals surface area contributed by atoms with E-state index in [-0.39, 0.29) is 0 Å². The molecule has 1 aromatic heterocycles. The first-order valence-corrected chi connectivity index (χ1v) is 5.56. The number of aromatic nitrogens is 2. The van der Waals surface area contributed by atoms with Gasteiger partial charge in [-0.25, -0.2) is 4.98 Å². The summed E-state index contributed by atoms with van der Waals surface area (Å²) in [6.45, 7) is 6.46. The van der Waals surface area contributed by atoms with E-state index in [1.165, 1.54) is 5.69 Å². The fraction of sp³-hybridized carbons (Fsp3) is 0.700. The summed E-state index contributed by atoms with van der Waals surface area (Å²) in [5, 5.41) is 0. The number of aryl methyl sites for hydroxylation is 1. The van der Waals surface area contributed by atoms with Crippen LogP contribution in [0.1, 0.15) is 37.7 Å². The maximum absolute atomic E-state index is 4.29. The highest BCUT2D eigenvalue weighted by molar-refractivity contribution is 9.09. The van der Waals surface area contributed by atoms with E-state index in [9.17, 15) is 0 Å². The fourth-order valence-electron chi connectivity index (χ4n) is 1.59. The first kappa shape index (κ1) is 10.8. The summed E-state index contributed by atoms with van der Waals surface area (Å²) in [7, 11) is 2.08. The SMILES string of the molecule is Cc1ncc(C(C)CC(C)Br)n1C. The molecule has 74 valence electrons. The van der Waals surface area contributed by atoms with Gasteiger partial charge in [-0.2, -0.15) is 0 Å². The molecule has 0 aromatic carbocycles. The zero-order valence-electron chi connectivity index (χ0n) is 8.71. The van der Waals surface area contributed by atoms with Crippen molar-refractivity contribution in [3.05, 3.63) is 17.7 Å². The Balaban J connectivity index is 2.76. The number of nitrogens with zero attached hydrogens (tertiary/aromatic N) is 2. The summed E-state index contributed by atoms with van der Waals surface area (Å²) in [5.74, 6) is 1.66. The lowest BCUT2D eigenvalue weighted by Crippen LogP contribution is -2.06. The summed E-state index contributed by atoms with van der Waals surface area (Å²) in [5.41, 5.74) is 1.32. The lowest BCUT2D eigenvalue weighted by atomic mass is 10.0. The molecule has 0 amide bonds. The van der Waals surface area contributed by atoms with E-state index in [1.54, 1.807) is 0 Å². The Kier molecular flexibility index (Phi) is 3.54. The van der Waals surface area contributed by atoms with Crippen LogP contribution >= 0.6 is 15.9 Å². The van der Waals surface area contributed by atoms with Gasteiger partial charge < -0.3 is 4.57 Å². The first-order valence-electron chi connectivity index (χ1n) is 4.64. The Morgan fingerprint density at radius 1 is 1.54 bits per heavy atom. The van der Waals surface area contributed by atoms with Crippen LogP contribution in [0.2, 0.25) is 0 Å². The Morgan fingerprint density at radius 3 is 2.54 bits per heavy atom. The van der Waals surface area contributed by atoms with E-state index in [0.29, 0.717) is 10.7 Å². The molecule has 0 spiro atoms. The molecular weight excluding hydrogens is 228 g/mol. The van der Waals surface area contributed by atoms with Gasteiger partial charge in [-0.15, -0.1) is 0 Å². The smallest absolute Gasteiger partial charge is 0.105 e. The minimum Gasteiger partial charge on any atom is -0.335 e. The molecular formula is C10H17BrN2. The molecule has 2 nitrogen and oxygen atoms in total. The fourth-order valence-corrected chi connectivity index (χ4v) is 2.15. The highest BCUT2D eigenvalue weighted by Crippen LogP contribution is 2.23. The summed E-state index contributed by atoms with van der Waals surface area (Å²) < 4.78 is 2.17. The normalized spacial score (nSPS) is 15.8. The molecule has 0 aliphatic rings. The molecule has 0 aliphatic heterocycles. The quantitative estimate of drug-likeness (QED) is 0.748. The van der Waals surface area contributed by atoms with Crippen molar-refractivity contribution in [3.8, 4) is 0 Å². The van der Waals surface area contributed by atoms with Gasteiger partial charge >= 0.3 is 0 Å². The van der Waals surface area contributed by atoms with Gasteiger partial charge in [0, 0.05) is 23.8 Å². The van der Waals surface area contributed by atoms with Crippen LogP contribution in [0.15, 0.2) is 6.20 Å². The van der Waals surface area contributed by atoms with Gasteiger partial charge in [0.05, 0.1) is 0 Å². The van der Waals surface area contributed by atoms with Gasteiger partial charge in [-0.1, -0.05) is 29.8 Å². The van der Waals surface area contributed by atoms with Crippen LogP contribution in [0.25, 0.3) is 0 Å². The van der Waals surface area contributed by atoms with Crippen molar-refractivity contribution in [3.63, 3.8) is 0 Å². The molecule has 0 bridgehead atoms. The minimum absolute atomic E-state index is 0.567. The van der Waals surface area contributed by atoms with Crippen LogP contribution in [-0.4, -0.2) is 14.4 Å². The molecule has 0 aliphatic carbocycles. The molecule has 1 heterocycles. The molecule has 1 aromatic rings. The summed E-state index contributed by atoms with van der Waals surface area (Å²) >= 11 is 3.57. The first-order chi connectivity index (χ1) is 6.02. The van der Waals surface area contributed by atoms with E-state index in [1.807, 2.05) is 13.1 Å². The molecule has 13 heavy (non-hydrogen) atoms. The number of rotatable bonds is 3. The lowest BCUT2D eigenvalue weighted by molar-refractivity contribution is 0.627. The standard InChI is InChI=1S/C10H17BrN2/c1-7(5-8(2)11)10-6-12-9(3)13(10)4/h6-8H,5H2,1-4H3. The highest BCUT2D eigenvalue weighted by Gasteiger charge is 2.12. The number of alkyl halides is 1. The molecule has 2 unspecified atom stereocenters. The van der Waals surface area contributed by atoms with Gasteiger partial charge in [-0.3, -0.25) is 0 Å². The molecule has 0 fully saturated rings. The Hall–Kier alpha value is -0.310. The van der Waals surface area contributed by atoms with Gasteiger partial charge in [0.2, 0.25) is 0 Å². The molecule has 1 rings (SSSR count). The topological polar surface area (TPSA) is 17.8 Å². The monoisotopic (exact) mass is 244 g/mol. The third-order valence-electron chi connectivity index (χ3n) is 2.44. The average molecular weight is 245 g/mol. The maximum atomic E-state index is 4.29. The van der Waals surface area contributed by atoms with Crippen molar-refractivity contribution < 1.29 is 0 Å². The van der Waals surface area contributed by atoms with Crippen molar-refractivity contribution in [1.82, 2.24) is 9.55 Å². The van der Waals surface area contributed by atoms with Gasteiger partial charge in [-0.05, 0) is 19.3 Å². The molecule has 2 atom stereocenters. The lowest BCUT2D eigenvalue weighted by Gasteiger charge is -2.13. The summed E-state index contributed by atoms with van der Waals surface area (Å²) in [4.78, 5) is 4.86. The van der Waals surface area contributed by atoms with Crippen LogP contribution in [0, 0.1) is 6.92 Å². The van der Waals surface area contributed by atoms with Crippen LogP contribution in [0.5, 0.6) is 0 Å². The van der Waals surface area contributed by atoms with Gasteiger partial charge in [0.15, 0.2) is 0 Å². The molecule has 0 radical (unpaired) electrons. The van der Waals surface area contributed by atoms with Crippen molar-refractivity contribution in [2.24, 2.45) is 7.05 Å². The van der Waals surface area contributed by atoms with Crippen LogP contribution < -0.4 is 0 Å². The number of hydrogen-bond donors (Lipinski definition) is 0. The number of halogens is 1. The number of imidazole rings is 1. The molecule has 3 heteroatoms. The highest BCUT2D eigenvalue weighted by atomic mass is 79.9. The Morgan fingerprint density at radius 2 is 2.15 bits per heavy atom. The van der Waals surface area contributed by atoms with Gasteiger partial charge in [0.25, 0.3) is 0 Å². The molecule has 0 N–H and O–H groups in total. The number of hydrogen-bond acceptors (Lipinski definition) is 1. The van der Waals surface area contributed by atoms with E-state index in [4.69, 9.17) is 0 Å². The van der Waals surface area contributed by atoms with Crippen LogP contribution in [0.4, 0.5) is 0 Å². The average Bonchev–Trinajstić information content (AvgIpc) is 2.31. The van der Waals surface area contributed by atoms with Crippen molar-refractivity contribution in [1.29, 1.82) is 0 Å². The Bertz CT molecular complexity index is 278. The Labute approximate surface area is 88.5 Å². The largest absolute Gasteiger partial charge is 0.335 e. The molecule has 0 saturated heterocycles. The minimum atomic E-state index is 0.567. The van der Waals surface area contributed by atoms with E-state index >= 15 is 0 Å². The van der Waals surface area contributed by atoms with Gasteiger partial charge in [0.1, 0.15) is 5.82 Å². The van der Waals surface area contributed by atoms with Crippen molar-refractivity contribution in [2.45, 2.75) is 37.9 Å². The second-order valence-electron chi connectivity index (χ2n) is 3.71. The zero-order valence-corrected chi connectivity index (χ0v) is 10.3. The van der Waals surface area contributed by atoms with Crippen molar-refractivity contribution in [2.75, 3.05) is 0 Å². The second kappa shape index (κ2) is 4.27. The predicted molar refractivity (Wildman–Crippen MR) is 59.4 cm³/mol.